The van der Waals surface area contributed by atoms with Crippen molar-refractivity contribution in [2.75, 3.05) is 79.3 Å². The van der Waals surface area contributed by atoms with E-state index in [9.17, 15) is 61.3 Å². The van der Waals surface area contributed by atoms with Crippen molar-refractivity contribution in [3.63, 3.8) is 0 Å². The second kappa shape index (κ2) is 22.3. The summed E-state index contributed by atoms with van der Waals surface area (Å²) in [5.74, 6) is 0. The second-order valence-corrected chi connectivity index (χ2v) is 15.1. The predicted octanol–water partition coefficient (Wildman–Crippen LogP) is -1.39. The molecule has 328 valence electrons. The minimum atomic E-state index is -1.48. The van der Waals surface area contributed by atoms with Crippen molar-refractivity contribution in [1.82, 2.24) is 0 Å². The standard InChI is InChI=1S/C45H56N4O12/c50-21-41(22-51,23-52)46-17-33-1-9-37(10-2-33)45(38-11-3-34(4-12-38)18-47-42(24-53,25-54)26-55,39-13-5-35(6-14-39)19-48-43(27-56,28-57)29-58)40-15-7-36(8-16-40)20-49-44(30-59,31-60)32-61/h1-20,50-61H,21-32H2. The van der Waals surface area contributed by atoms with Gasteiger partial charge in [0.1, 0.15) is 22.2 Å². The Kier molecular flexibility index (Phi) is 17.8. The van der Waals surface area contributed by atoms with E-state index in [1.807, 2.05) is 48.5 Å². The Hall–Kier alpha value is -4.92. The lowest BCUT2D eigenvalue weighted by Crippen LogP contribution is -2.39. The third-order valence-corrected chi connectivity index (χ3v) is 10.9. The van der Waals surface area contributed by atoms with Crippen LogP contribution in [0.25, 0.3) is 0 Å². The van der Waals surface area contributed by atoms with E-state index in [-0.39, 0.29) is 0 Å². The van der Waals surface area contributed by atoms with Crippen molar-refractivity contribution >= 4 is 24.9 Å². The summed E-state index contributed by atoms with van der Waals surface area (Å²) < 4.78 is 0. The highest BCUT2D eigenvalue weighted by Crippen LogP contribution is 2.45. The van der Waals surface area contributed by atoms with E-state index in [0.29, 0.717) is 22.3 Å². The normalized spacial score (nSPS) is 14.2. The van der Waals surface area contributed by atoms with Gasteiger partial charge in [-0.1, -0.05) is 97.1 Å². The van der Waals surface area contributed by atoms with Crippen molar-refractivity contribution in [3.8, 4) is 0 Å². The molecule has 4 aromatic rings. The lowest BCUT2D eigenvalue weighted by atomic mass is 9.65. The molecule has 16 nitrogen and oxygen atoms in total. The average molecular weight is 845 g/mol. The van der Waals surface area contributed by atoms with Gasteiger partial charge in [-0.25, -0.2) is 0 Å². The molecule has 0 atom stereocenters. The van der Waals surface area contributed by atoms with Gasteiger partial charge in [-0.3, -0.25) is 20.0 Å². The number of rotatable bonds is 24. The van der Waals surface area contributed by atoms with Gasteiger partial charge in [-0.15, -0.1) is 0 Å². The molecule has 0 spiro atoms. The maximum atomic E-state index is 9.82. The molecule has 0 saturated heterocycles. The summed E-state index contributed by atoms with van der Waals surface area (Å²) >= 11 is 0. The van der Waals surface area contributed by atoms with Crippen LogP contribution >= 0.6 is 0 Å². The van der Waals surface area contributed by atoms with E-state index >= 15 is 0 Å². The molecule has 0 saturated carbocycles. The van der Waals surface area contributed by atoms with Gasteiger partial charge in [0.2, 0.25) is 0 Å². The molecule has 0 aliphatic rings. The van der Waals surface area contributed by atoms with Crippen molar-refractivity contribution in [3.05, 3.63) is 142 Å². The van der Waals surface area contributed by atoms with Crippen LogP contribution in [-0.4, -0.2) is 188 Å². The highest BCUT2D eigenvalue weighted by Gasteiger charge is 2.39. The van der Waals surface area contributed by atoms with Gasteiger partial charge in [-0.2, -0.15) is 0 Å². The fraction of sp³-hybridized carbons (Fsp3) is 0.378. The van der Waals surface area contributed by atoms with Crippen LogP contribution in [0.1, 0.15) is 44.5 Å². The lowest BCUT2D eigenvalue weighted by molar-refractivity contribution is 0.0715. The van der Waals surface area contributed by atoms with Crippen LogP contribution in [0.3, 0.4) is 0 Å². The first-order valence-corrected chi connectivity index (χ1v) is 19.4. The molecule has 0 bridgehead atoms. The van der Waals surface area contributed by atoms with Gasteiger partial charge in [-0.05, 0) is 44.5 Å². The Balaban J connectivity index is 2.01. The molecule has 0 aliphatic carbocycles. The molecule has 4 aromatic carbocycles. The fourth-order valence-electron chi connectivity index (χ4n) is 6.21. The molecule has 4 rings (SSSR count). The molecule has 61 heavy (non-hydrogen) atoms. The maximum Gasteiger partial charge on any atom is 0.129 e. The molecule has 0 unspecified atom stereocenters. The molecule has 0 fully saturated rings. The first kappa shape index (κ1) is 48.7. The summed E-state index contributed by atoms with van der Waals surface area (Å²) in [6.45, 7) is -6.97. The molecule has 16 heteroatoms. The first-order chi connectivity index (χ1) is 29.5. The van der Waals surface area contributed by atoms with Gasteiger partial charge >= 0.3 is 0 Å². The van der Waals surface area contributed by atoms with E-state index in [0.717, 1.165) is 22.3 Å². The monoisotopic (exact) mass is 844 g/mol. The summed E-state index contributed by atoms with van der Waals surface area (Å²) in [4.78, 5) is 17.1. The summed E-state index contributed by atoms with van der Waals surface area (Å²) in [5, 5.41) is 118. The minimum absolute atomic E-state index is 0.581. The largest absolute Gasteiger partial charge is 0.394 e. The number of benzene rings is 4. The zero-order chi connectivity index (χ0) is 44.6. The summed E-state index contributed by atoms with van der Waals surface area (Å²) in [6.07, 6.45) is 5.80. The number of hydrogen-bond donors (Lipinski definition) is 12. The van der Waals surface area contributed by atoms with Gasteiger partial charge < -0.3 is 61.3 Å². The zero-order valence-electron chi connectivity index (χ0n) is 33.7. The highest BCUT2D eigenvalue weighted by molar-refractivity contribution is 5.83. The smallest absolute Gasteiger partial charge is 0.129 e. The average Bonchev–Trinajstić information content (AvgIpc) is 3.33. The Morgan fingerprint density at radius 3 is 0.541 bits per heavy atom. The van der Waals surface area contributed by atoms with E-state index < -0.39 is 107 Å². The Bertz CT molecular complexity index is 1710. The van der Waals surface area contributed by atoms with Crippen LogP contribution in [0.5, 0.6) is 0 Å². The first-order valence-electron chi connectivity index (χ1n) is 19.4. The van der Waals surface area contributed by atoms with Crippen molar-refractivity contribution < 1.29 is 61.3 Å². The summed E-state index contributed by atoms with van der Waals surface area (Å²) in [7, 11) is 0. The summed E-state index contributed by atoms with van der Waals surface area (Å²) in [5.41, 5.74) is -1.61. The number of aliphatic hydroxyl groups is 12. The SMILES string of the molecule is OCC(CO)(CO)N=Cc1ccc(C(c2ccc(C=NC(CO)(CO)CO)cc2)(c2ccc(C=NC(CO)(CO)CO)cc2)c2ccc(C=NC(CO)(CO)CO)cc2)cc1. The Labute approximate surface area is 353 Å². The number of aliphatic imine (C=N–C) groups is 4. The number of nitrogens with zero attached hydrogens (tertiary/aromatic N) is 4. The second-order valence-electron chi connectivity index (χ2n) is 15.1. The number of aliphatic hydroxyl groups excluding tert-OH is 12. The van der Waals surface area contributed by atoms with Gasteiger partial charge in [0, 0.05) is 24.9 Å². The van der Waals surface area contributed by atoms with Crippen molar-refractivity contribution in [2.45, 2.75) is 27.6 Å². The zero-order valence-corrected chi connectivity index (χ0v) is 33.7. The molecule has 0 heterocycles. The highest BCUT2D eigenvalue weighted by atomic mass is 16.3. The summed E-state index contributed by atoms with van der Waals surface area (Å²) in [6, 6.07) is 29.4. The molecular formula is C45H56N4O12. The van der Waals surface area contributed by atoms with Crippen molar-refractivity contribution in [2.24, 2.45) is 20.0 Å². The Morgan fingerprint density at radius 1 is 0.262 bits per heavy atom. The van der Waals surface area contributed by atoms with Crippen LogP contribution in [-0.2, 0) is 5.41 Å². The van der Waals surface area contributed by atoms with E-state index in [2.05, 4.69) is 20.0 Å². The predicted molar refractivity (Wildman–Crippen MR) is 231 cm³/mol. The third-order valence-electron chi connectivity index (χ3n) is 10.9. The van der Waals surface area contributed by atoms with Crippen LogP contribution < -0.4 is 0 Å². The topological polar surface area (TPSA) is 292 Å². The number of hydrogen-bond acceptors (Lipinski definition) is 16. The van der Waals surface area contributed by atoms with Crippen LogP contribution in [0.4, 0.5) is 0 Å². The molecule has 12 N–H and O–H groups in total. The molecule has 0 aliphatic heterocycles. The van der Waals surface area contributed by atoms with Crippen LogP contribution in [0.15, 0.2) is 117 Å². The van der Waals surface area contributed by atoms with E-state index in [4.69, 9.17) is 0 Å². The van der Waals surface area contributed by atoms with Gasteiger partial charge in [0.05, 0.1) is 84.7 Å². The minimum Gasteiger partial charge on any atom is -0.394 e. The Morgan fingerprint density at radius 2 is 0.410 bits per heavy atom. The molecular weight excluding hydrogens is 789 g/mol. The van der Waals surface area contributed by atoms with E-state index in [1.54, 1.807) is 48.5 Å². The van der Waals surface area contributed by atoms with Gasteiger partial charge in [0.25, 0.3) is 0 Å². The lowest BCUT2D eigenvalue weighted by Gasteiger charge is -2.37. The van der Waals surface area contributed by atoms with Crippen LogP contribution in [0.2, 0.25) is 0 Å². The molecule has 0 radical (unpaired) electrons. The van der Waals surface area contributed by atoms with E-state index in [1.165, 1.54) is 24.9 Å². The fourth-order valence-corrected chi connectivity index (χ4v) is 6.21. The maximum absolute atomic E-state index is 9.82. The van der Waals surface area contributed by atoms with Crippen molar-refractivity contribution in [1.29, 1.82) is 0 Å². The molecule has 0 amide bonds. The molecule has 0 aromatic heterocycles. The van der Waals surface area contributed by atoms with Crippen LogP contribution in [0, 0.1) is 0 Å². The van der Waals surface area contributed by atoms with Gasteiger partial charge in [0.15, 0.2) is 0 Å². The quantitative estimate of drug-likeness (QED) is 0.0287. The third kappa shape index (κ3) is 10.9.